The fraction of sp³-hybridized carbons (Fsp3) is 1.00. The topological polar surface area (TPSA) is 344 Å². The zero-order chi connectivity index (χ0) is 27.6. The molecule has 0 aliphatic rings. The first-order chi connectivity index (χ1) is 15.7. The number of aliphatic hydroxyl groups is 17. The van der Waals surface area contributed by atoms with Crippen molar-refractivity contribution in [2.24, 2.45) is 0 Å². The molecule has 0 rings (SSSR count). The van der Waals surface area contributed by atoms with Crippen molar-refractivity contribution in [1.82, 2.24) is 0 Å². The standard InChI is InChI=1S/2C6H14O6.C5H12O5/c2*7-1-3(9)5(11)6(12)4(10)2-8;6-1-3(8)5(10)4(9)2-7/h2*3-12H,1-2H2;3-10H,1-2H2/t3-,4+,5+,6-;3-,4-,5-,6-;3-,4+,5?/m.1./s1. The molecule has 0 aromatic heterocycles. The van der Waals surface area contributed by atoms with Gasteiger partial charge in [0, 0.05) is 0 Å². The van der Waals surface area contributed by atoms with Crippen LogP contribution >= 0.6 is 0 Å². The second-order valence-corrected chi connectivity index (χ2v) is 6.95. The van der Waals surface area contributed by atoms with E-state index in [9.17, 15) is 0 Å². The first kappa shape index (κ1) is 37.9. The summed E-state index contributed by atoms with van der Waals surface area (Å²) < 4.78 is 0. The molecule has 0 aliphatic heterocycles. The lowest BCUT2D eigenvalue weighted by Gasteiger charge is -2.24. The van der Waals surface area contributed by atoms with E-state index in [0.29, 0.717) is 0 Å². The highest BCUT2D eigenvalue weighted by molar-refractivity contribution is 4.80. The van der Waals surface area contributed by atoms with Crippen molar-refractivity contribution in [2.45, 2.75) is 67.1 Å². The second-order valence-electron chi connectivity index (χ2n) is 6.95. The number of hydrogen-bond donors (Lipinski definition) is 17. The molecule has 0 aromatic rings. The van der Waals surface area contributed by atoms with Crippen molar-refractivity contribution in [1.29, 1.82) is 0 Å². The molecule has 17 heteroatoms. The van der Waals surface area contributed by atoms with E-state index >= 15 is 0 Å². The van der Waals surface area contributed by atoms with Crippen LogP contribution in [0, 0.1) is 0 Å². The largest absolute Gasteiger partial charge is 0.394 e. The maximum Gasteiger partial charge on any atom is 0.111 e. The smallest absolute Gasteiger partial charge is 0.111 e. The molecule has 0 aliphatic carbocycles. The molecule has 0 spiro atoms. The zero-order valence-electron chi connectivity index (χ0n) is 18.2. The lowest BCUT2D eigenvalue weighted by atomic mass is 10.0. The van der Waals surface area contributed by atoms with Crippen LogP contribution in [0.2, 0.25) is 0 Å². The quantitative estimate of drug-likeness (QED) is 0.102. The third kappa shape index (κ3) is 15.3. The van der Waals surface area contributed by atoms with Gasteiger partial charge in [-0.3, -0.25) is 0 Å². The molecule has 0 saturated carbocycles. The molecule has 0 heterocycles. The third-order valence-corrected chi connectivity index (χ3v) is 4.19. The van der Waals surface area contributed by atoms with Gasteiger partial charge in [0.2, 0.25) is 0 Å². The van der Waals surface area contributed by atoms with Gasteiger partial charge >= 0.3 is 0 Å². The third-order valence-electron chi connectivity index (χ3n) is 4.19. The SMILES string of the molecule is OC[C@@H](O)C(O)[C@@H](O)CO.OC[C@@H](O)[C@@H](O)[C@H](O)[C@H](O)CO.OC[C@@H](O)[C@H](O)[C@H](O)[C@@H](O)CO. The summed E-state index contributed by atoms with van der Waals surface area (Å²) in [5, 5.41) is 147. The van der Waals surface area contributed by atoms with Crippen molar-refractivity contribution in [3.63, 3.8) is 0 Å². The molecule has 0 aromatic carbocycles. The van der Waals surface area contributed by atoms with Gasteiger partial charge in [-0.15, -0.1) is 0 Å². The molecule has 0 bridgehead atoms. The molecule has 17 nitrogen and oxygen atoms in total. The highest BCUT2D eigenvalue weighted by Crippen LogP contribution is 2.05. The predicted molar refractivity (Wildman–Crippen MR) is 109 cm³/mol. The Balaban J connectivity index is -0.000000426. The molecule has 210 valence electrons. The molecule has 34 heavy (non-hydrogen) atoms. The Morgan fingerprint density at radius 2 is 0.353 bits per heavy atom. The van der Waals surface area contributed by atoms with Gasteiger partial charge in [-0.05, 0) is 0 Å². The summed E-state index contributed by atoms with van der Waals surface area (Å²) in [7, 11) is 0. The van der Waals surface area contributed by atoms with Crippen molar-refractivity contribution in [3.8, 4) is 0 Å². The van der Waals surface area contributed by atoms with Crippen LogP contribution in [0.5, 0.6) is 0 Å². The minimum Gasteiger partial charge on any atom is -0.394 e. The molecule has 0 saturated heterocycles. The highest BCUT2D eigenvalue weighted by atomic mass is 16.4. The molecular formula is C17H40O17. The van der Waals surface area contributed by atoms with Crippen LogP contribution in [0.4, 0.5) is 0 Å². The average molecular weight is 516 g/mol. The van der Waals surface area contributed by atoms with Crippen molar-refractivity contribution < 1.29 is 86.8 Å². The van der Waals surface area contributed by atoms with E-state index in [2.05, 4.69) is 0 Å². The van der Waals surface area contributed by atoms with Gasteiger partial charge in [0.1, 0.15) is 67.1 Å². The van der Waals surface area contributed by atoms with Crippen LogP contribution in [0.15, 0.2) is 0 Å². The van der Waals surface area contributed by atoms with Crippen LogP contribution in [0.3, 0.4) is 0 Å². The van der Waals surface area contributed by atoms with E-state index in [-0.39, 0.29) is 0 Å². The summed E-state index contributed by atoms with van der Waals surface area (Å²) in [5.74, 6) is 0. The van der Waals surface area contributed by atoms with Crippen LogP contribution in [-0.4, -0.2) is 194 Å². The Morgan fingerprint density at radius 1 is 0.235 bits per heavy atom. The van der Waals surface area contributed by atoms with Gasteiger partial charge in [0.15, 0.2) is 0 Å². The summed E-state index contributed by atoms with van der Waals surface area (Å²) in [6, 6.07) is 0. The molecule has 0 radical (unpaired) electrons. The minimum absolute atomic E-state index is 0.641. The number of hydrogen-bond acceptors (Lipinski definition) is 17. The first-order valence-electron chi connectivity index (χ1n) is 9.85. The van der Waals surface area contributed by atoms with Crippen molar-refractivity contribution in [3.05, 3.63) is 0 Å². The van der Waals surface area contributed by atoms with Crippen LogP contribution < -0.4 is 0 Å². The summed E-state index contributed by atoms with van der Waals surface area (Å²) in [6.45, 7) is -4.18. The van der Waals surface area contributed by atoms with Gasteiger partial charge < -0.3 is 86.8 Å². The van der Waals surface area contributed by atoms with E-state index < -0.39 is 107 Å². The van der Waals surface area contributed by atoms with E-state index in [1.807, 2.05) is 0 Å². The van der Waals surface area contributed by atoms with Gasteiger partial charge in [0.25, 0.3) is 0 Å². The lowest BCUT2D eigenvalue weighted by Crippen LogP contribution is -2.46. The molecular weight excluding hydrogens is 476 g/mol. The summed E-state index contributed by atoms with van der Waals surface area (Å²) in [6.07, 6.45) is -17.1. The summed E-state index contributed by atoms with van der Waals surface area (Å²) in [5.41, 5.74) is 0. The predicted octanol–water partition coefficient (Wildman–Crippen LogP) is -10.1. The molecule has 17 N–H and O–H groups in total. The van der Waals surface area contributed by atoms with Crippen molar-refractivity contribution >= 4 is 0 Å². The van der Waals surface area contributed by atoms with E-state index in [0.717, 1.165) is 0 Å². The molecule has 0 fully saturated rings. The monoisotopic (exact) mass is 516 g/mol. The number of aliphatic hydroxyl groups excluding tert-OH is 17. The highest BCUT2D eigenvalue weighted by Gasteiger charge is 2.30. The van der Waals surface area contributed by atoms with Gasteiger partial charge in [-0.2, -0.15) is 0 Å². The summed E-state index contributed by atoms with van der Waals surface area (Å²) >= 11 is 0. The fourth-order valence-electron chi connectivity index (χ4n) is 1.81. The molecule has 0 amide bonds. The average Bonchev–Trinajstić information content (AvgIpc) is 2.88. The van der Waals surface area contributed by atoms with Gasteiger partial charge in [0.05, 0.1) is 39.6 Å². The number of rotatable bonds is 14. The minimum atomic E-state index is -1.67. The second kappa shape index (κ2) is 21.6. The van der Waals surface area contributed by atoms with E-state index in [4.69, 9.17) is 86.8 Å². The van der Waals surface area contributed by atoms with Gasteiger partial charge in [-0.1, -0.05) is 0 Å². The molecule has 11 atom stereocenters. The van der Waals surface area contributed by atoms with Gasteiger partial charge in [-0.25, -0.2) is 0 Å². The Kier molecular flexibility index (Phi) is 24.0. The Bertz CT molecular complexity index is 380. The fourth-order valence-corrected chi connectivity index (χ4v) is 1.81. The van der Waals surface area contributed by atoms with Crippen LogP contribution in [0.1, 0.15) is 0 Å². The van der Waals surface area contributed by atoms with Crippen LogP contribution in [0.25, 0.3) is 0 Å². The van der Waals surface area contributed by atoms with E-state index in [1.54, 1.807) is 0 Å². The lowest BCUT2D eigenvalue weighted by molar-refractivity contribution is -0.123. The van der Waals surface area contributed by atoms with E-state index in [1.165, 1.54) is 0 Å². The zero-order valence-corrected chi connectivity index (χ0v) is 18.2. The molecule has 1 unspecified atom stereocenters. The Morgan fingerprint density at radius 3 is 0.471 bits per heavy atom. The van der Waals surface area contributed by atoms with Crippen molar-refractivity contribution in [2.75, 3.05) is 39.6 Å². The Labute approximate surface area is 194 Å². The first-order valence-corrected chi connectivity index (χ1v) is 9.85. The Hall–Kier alpha value is -0.680. The maximum absolute atomic E-state index is 8.96. The van der Waals surface area contributed by atoms with Crippen LogP contribution in [-0.2, 0) is 0 Å². The maximum atomic E-state index is 8.96. The normalized spacial score (nSPS) is 21.1. The summed E-state index contributed by atoms with van der Waals surface area (Å²) in [4.78, 5) is 0.